The smallest absolute Gasteiger partial charge is 0.406 e. The number of ether oxygens (including phenoxy) is 2. The van der Waals surface area contributed by atoms with E-state index in [4.69, 9.17) is 9.47 Å². The van der Waals surface area contributed by atoms with Crippen LogP contribution in [0.1, 0.15) is 23.7 Å². The Balaban J connectivity index is 1.70. The average Bonchev–Trinajstić information content (AvgIpc) is 2.90. The van der Waals surface area contributed by atoms with Crippen LogP contribution in [0.3, 0.4) is 0 Å². The van der Waals surface area contributed by atoms with E-state index < -0.39 is 6.09 Å². The normalized spacial score (nSPS) is 13.3. The number of aromatic nitrogens is 2. The second kappa shape index (κ2) is 10.5. The minimum atomic E-state index is -0.464. The molecule has 10 heteroatoms. The standard InChI is InChI=1S/C21H28N6O4/c1-4-23-20-24-14-17-18(25-20)26(3)9-10-27(19(17)28)15-7-5-8-16(13-15)30-11-6-12-31-21(29)22-2/h5,7-8,13-14H,4,6,9-12H2,1-3H3,(H,22,29)(H,23,24,25). The lowest BCUT2D eigenvalue weighted by Gasteiger charge is -2.21. The molecule has 2 amide bonds. The first-order valence-corrected chi connectivity index (χ1v) is 10.2. The van der Waals surface area contributed by atoms with Gasteiger partial charge in [-0.3, -0.25) is 4.79 Å². The zero-order chi connectivity index (χ0) is 22.2. The molecule has 2 aromatic rings. The Morgan fingerprint density at radius 2 is 2.10 bits per heavy atom. The number of anilines is 3. The van der Waals surface area contributed by atoms with Crippen LogP contribution in [0.15, 0.2) is 30.5 Å². The zero-order valence-corrected chi connectivity index (χ0v) is 18.1. The molecule has 0 bridgehead atoms. The van der Waals surface area contributed by atoms with Crippen molar-refractivity contribution in [2.45, 2.75) is 13.3 Å². The topological polar surface area (TPSA) is 109 Å². The van der Waals surface area contributed by atoms with Crippen molar-refractivity contribution in [3.05, 3.63) is 36.0 Å². The molecule has 0 unspecified atom stereocenters. The fraction of sp³-hybridized carbons (Fsp3) is 0.429. The number of hydrogen-bond acceptors (Lipinski definition) is 8. The van der Waals surface area contributed by atoms with Crippen molar-refractivity contribution in [3.63, 3.8) is 0 Å². The van der Waals surface area contributed by atoms with Gasteiger partial charge in [0.25, 0.3) is 5.91 Å². The second-order valence-corrected chi connectivity index (χ2v) is 6.92. The van der Waals surface area contributed by atoms with Crippen LogP contribution < -0.4 is 25.2 Å². The maximum absolute atomic E-state index is 13.3. The van der Waals surface area contributed by atoms with E-state index in [1.165, 1.54) is 7.05 Å². The van der Waals surface area contributed by atoms with Crippen LogP contribution in [0.4, 0.5) is 22.2 Å². The van der Waals surface area contributed by atoms with Crippen molar-refractivity contribution in [1.82, 2.24) is 15.3 Å². The number of alkyl carbamates (subject to hydrolysis) is 1. The summed E-state index contributed by atoms with van der Waals surface area (Å²) in [6.45, 7) is 4.46. The van der Waals surface area contributed by atoms with Crippen LogP contribution in [0.2, 0.25) is 0 Å². The van der Waals surface area contributed by atoms with E-state index in [-0.39, 0.29) is 12.5 Å². The second-order valence-electron chi connectivity index (χ2n) is 6.92. The highest BCUT2D eigenvalue weighted by Gasteiger charge is 2.28. The van der Waals surface area contributed by atoms with Crippen molar-refractivity contribution in [2.24, 2.45) is 0 Å². The highest BCUT2D eigenvalue weighted by atomic mass is 16.5. The molecule has 1 aromatic heterocycles. The largest absolute Gasteiger partial charge is 0.493 e. The van der Waals surface area contributed by atoms with E-state index in [0.717, 1.165) is 5.69 Å². The number of benzene rings is 1. The molecular formula is C21H28N6O4. The third-order valence-electron chi connectivity index (χ3n) is 4.72. The highest BCUT2D eigenvalue weighted by molar-refractivity contribution is 6.09. The maximum atomic E-state index is 13.3. The van der Waals surface area contributed by atoms with Crippen molar-refractivity contribution in [3.8, 4) is 5.75 Å². The lowest BCUT2D eigenvalue weighted by molar-refractivity contribution is 0.0989. The van der Waals surface area contributed by atoms with E-state index in [0.29, 0.717) is 55.7 Å². The Morgan fingerprint density at radius 1 is 1.26 bits per heavy atom. The number of fused-ring (bicyclic) bond motifs is 1. The number of nitrogens with one attached hydrogen (secondary N) is 2. The molecule has 166 valence electrons. The van der Waals surface area contributed by atoms with E-state index in [9.17, 15) is 9.59 Å². The lowest BCUT2D eigenvalue weighted by atomic mass is 10.2. The summed E-state index contributed by atoms with van der Waals surface area (Å²) in [6.07, 6.45) is 1.67. The minimum Gasteiger partial charge on any atom is -0.493 e. The molecule has 1 aromatic carbocycles. The summed E-state index contributed by atoms with van der Waals surface area (Å²) >= 11 is 0. The van der Waals surface area contributed by atoms with Gasteiger partial charge in [-0.2, -0.15) is 4.98 Å². The van der Waals surface area contributed by atoms with Crippen molar-refractivity contribution in [2.75, 3.05) is 62.1 Å². The molecule has 3 rings (SSSR count). The van der Waals surface area contributed by atoms with E-state index in [1.807, 2.05) is 43.1 Å². The zero-order valence-electron chi connectivity index (χ0n) is 18.1. The molecule has 10 nitrogen and oxygen atoms in total. The molecule has 0 fully saturated rings. The van der Waals surface area contributed by atoms with Crippen LogP contribution in [-0.2, 0) is 4.74 Å². The van der Waals surface area contributed by atoms with Crippen LogP contribution in [0.5, 0.6) is 5.75 Å². The number of carbonyl (C=O) groups excluding carboxylic acids is 2. The number of carbonyl (C=O) groups is 2. The van der Waals surface area contributed by atoms with E-state index in [2.05, 4.69) is 20.6 Å². The Hall–Kier alpha value is -3.56. The van der Waals surface area contributed by atoms with Crippen molar-refractivity contribution < 1.29 is 19.1 Å². The summed E-state index contributed by atoms with van der Waals surface area (Å²) in [5.74, 6) is 1.60. The Morgan fingerprint density at radius 3 is 2.87 bits per heavy atom. The summed E-state index contributed by atoms with van der Waals surface area (Å²) in [7, 11) is 3.43. The molecule has 0 aliphatic carbocycles. The van der Waals surface area contributed by atoms with Crippen LogP contribution >= 0.6 is 0 Å². The number of hydrogen-bond donors (Lipinski definition) is 2. The molecule has 0 saturated heterocycles. The molecule has 2 heterocycles. The molecule has 1 aliphatic heterocycles. The van der Waals surface area contributed by atoms with Gasteiger partial charge in [0, 0.05) is 58.1 Å². The van der Waals surface area contributed by atoms with Crippen LogP contribution in [0.25, 0.3) is 0 Å². The predicted octanol–water partition coefficient (Wildman–Crippen LogP) is 2.13. The summed E-state index contributed by atoms with van der Waals surface area (Å²) < 4.78 is 10.7. The van der Waals surface area contributed by atoms with Gasteiger partial charge >= 0.3 is 6.09 Å². The van der Waals surface area contributed by atoms with Gasteiger partial charge in [-0.1, -0.05) is 6.07 Å². The van der Waals surface area contributed by atoms with Crippen LogP contribution in [-0.4, -0.2) is 68.9 Å². The Kier molecular flexibility index (Phi) is 7.47. The molecule has 0 radical (unpaired) electrons. The summed E-state index contributed by atoms with van der Waals surface area (Å²) in [5.41, 5.74) is 1.19. The third-order valence-corrected chi connectivity index (χ3v) is 4.72. The third kappa shape index (κ3) is 5.53. The van der Waals surface area contributed by atoms with E-state index >= 15 is 0 Å². The van der Waals surface area contributed by atoms with Gasteiger partial charge in [-0.05, 0) is 19.1 Å². The van der Waals surface area contributed by atoms with Crippen molar-refractivity contribution >= 4 is 29.5 Å². The quantitative estimate of drug-likeness (QED) is 0.616. The molecule has 2 N–H and O–H groups in total. The first kappa shape index (κ1) is 22.1. The fourth-order valence-electron chi connectivity index (χ4n) is 3.13. The first-order chi connectivity index (χ1) is 15.0. The summed E-state index contributed by atoms with van der Waals surface area (Å²) in [4.78, 5) is 36.8. The van der Waals surface area contributed by atoms with Crippen molar-refractivity contribution in [1.29, 1.82) is 0 Å². The number of amides is 2. The van der Waals surface area contributed by atoms with Crippen LogP contribution in [0, 0.1) is 0 Å². The highest BCUT2D eigenvalue weighted by Crippen LogP contribution is 2.28. The number of nitrogens with zero attached hydrogens (tertiary/aromatic N) is 4. The van der Waals surface area contributed by atoms with Gasteiger partial charge in [0.15, 0.2) is 0 Å². The molecule has 0 atom stereocenters. The lowest BCUT2D eigenvalue weighted by Crippen LogP contribution is -2.33. The van der Waals surface area contributed by atoms with E-state index in [1.54, 1.807) is 11.1 Å². The number of likely N-dealkylation sites (N-methyl/N-ethyl adjacent to an activating group) is 1. The Bertz CT molecular complexity index is 922. The number of rotatable bonds is 8. The van der Waals surface area contributed by atoms with Gasteiger partial charge in [0.2, 0.25) is 5.95 Å². The van der Waals surface area contributed by atoms with Gasteiger partial charge < -0.3 is 29.9 Å². The van der Waals surface area contributed by atoms with Gasteiger partial charge in [0.1, 0.15) is 17.1 Å². The van der Waals surface area contributed by atoms with Gasteiger partial charge in [-0.25, -0.2) is 9.78 Å². The SMILES string of the molecule is CCNc1ncc2c(n1)N(C)CCN(c1cccc(OCCCOC(=O)NC)c1)C2=O. The fourth-order valence-corrected chi connectivity index (χ4v) is 3.13. The molecule has 31 heavy (non-hydrogen) atoms. The first-order valence-electron chi connectivity index (χ1n) is 10.2. The molecule has 0 spiro atoms. The monoisotopic (exact) mass is 428 g/mol. The molecule has 1 aliphatic rings. The minimum absolute atomic E-state index is 0.154. The predicted molar refractivity (Wildman–Crippen MR) is 118 cm³/mol. The molecular weight excluding hydrogens is 400 g/mol. The Labute approximate surface area is 181 Å². The average molecular weight is 428 g/mol. The summed E-state index contributed by atoms with van der Waals surface area (Å²) in [5, 5.41) is 5.47. The van der Waals surface area contributed by atoms with Gasteiger partial charge in [0.05, 0.1) is 13.2 Å². The van der Waals surface area contributed by atoms with Gasteiger partial charge in [-0.15, -0.1) is 0 Å². The summed E-state index contributed by atoms with van der Waals surface area (Å²) in [6, 6.07) is 7.38. The maximum Gasteiger partial charge on any atom is 0.406 e. The molecule has 0 saturated carbocycles.